The number of halogens is 1. The van der Waals surface area contributed by atoms with E-state index in [1.165, 1.54) is 6.07 Å². The highest BCUT2D eigenvalue weighted by Gasteiger charge is 2.21. The number of aromatic amines is 1. The predicted molar refractivity (Wildman–Crippen MR) is 86.9 cm³/mol. The molecule has 1 fully saturated rings. The molecule has 3 rings (SSSR count). The number of anilines is 2. The summed E-state index contributed by atoms with van der Waals surface area (Å²) in [6, 6.07) is 1.63. The largest absolute Gasteiger partial charge is 0.379 e. The average molecular weight is 304 g/mol. The molecule has 1 amide bonds. The molecule has 0 aliphatic carbocycles. The Hall–Kier alpha value is -2.08. The molecule has 2 aromatic rings. The lowest BCUT2D eigenvalue weighted by Crippen LogP contribution is -2.35. The highest BCUT2D eigenvalue weighted by atomic mass is 19.1. The zero-order valence-electron chi connectivity index (χ0n) is 12.8. The van der Waals surface area contributed by atoms with Gasteiger partial charge in [-0.3, -0.25) is 4.79 Å². The molecule has 6 heteroatoms. The van der Waals surface area contributed by atoms with Crippen LogP contribution >= 0.6 is 0 Å². The van der Waals surface area contributed by atoms with Gasteiger partial charge >= 0.3 is 0 Å². The second-order valence-corrected chi connectivity index (χ2v) is 5.84. The molecular formula is C16H21FN4O. The molecule has 118 valence electrons. The van der Waals surface area contributed by atoms with Crippen LogP contribution in [0.25, 0.3) is 10.9 Å². The van der Waals surface area contributed by atoms with Crippen molar-refractivity contribution in [1.82, 2.24) is 10.3 Å². The highest BCUT2D eigenvalue weighted by Crippen LogP contribution is 2.36. The molecule has 1 aliphatic rings. The van der Waals surface area contributed by atoms with E-state index < -0.39 is 0 Å². The molecule has 0 atom stereocenters. The molecule has 0 unspecified atom stereocenters. The van der Waals surface area contributed by atoms with Crippen LogP contribution in [0.2, 0.25) is 0 Å². The number of H-pyrrole nitrogens is 1. The third kappa shape index (κ3) is 2.54. The van der Waals surface area contributed by atoms with Crippen LogP contribution < -0.4 is 16.0 Å². The van der Waals surface area contributed by atoms with Gasteiger partial charge in [-0.05, 0) is 45.3 Å². The minimum absolute atomic E-state index is 0.262. The van der Waals surface area contributed by atoms with Crippen LogP contribution in [-0.2, 0) is 4.79 Å². The lowest BCUT2D eigenvalue weighted by molar-refractivity contribution is -0.105. The average Bonchev–Trinajstić information content (AvgIpc) is 2.81. The number of carbonyl (C=O) groups excluding carboxylic acids is 1. The SMILES string of the molecule is Cc1[nH]c2c(NC=O)cc(F)c(NC3CCNCC3)c2c1C. The van der Waals surface area contributed by atoms with Gasteiger partial charge in [0, 0.05) is 23.2 Å². The third-order valence-corrected chi connectivity index (χ3v) is 4.43. The van der Waals surface area contributed by atoms with E-state index in [2.05, 4.69) is 20.9 Å². The fraction of sp³-hybridized carbons (Fsp3) is 0.438. The van der Waals surface area contributed by atoms with Crippen molar-refractivity contribution in [2.45, 2.75) is 32.7 Å². The van der Waals surface area contributed by atoms with Gasteiger partial charge < -0.3 is 20.9 Å². The van der Waals surface area contributed by atoms with Crippen molar-refractivity contribution in [3.63, 3.8) is 0 Å². The van der Waals surface area contributed by atoms with E-state index in [1.54, 1.807) is 0 Å². The number of hydrogen-bond donors (Lipinski definition) is 4. The normalized spacial score (nSPS) is 16.0. The minimum Gasteiger partial charge on any atom is -0.379 e. The van der Waals surface area contributed by atoms with Crippen LogP contribution in [0.4, 0.5) is 15.8 Å². The topological polar surface area (TPSA) is 69.0 Å². The molecule has 2 heterocycles. The molecule has 5 nitrogen and oxygen atoms in total. The van der Waals surface area contributed by atoms with Gasteiger partial charge in [0.15, 0.2) is 0 Å². The van der Waals surface area contributed by atoms with Gasteiger partial charge in [-0.25, -0.2) is 4.39 Å². The lowest BCUT2D eigenvalue weighted by Gasteiger charge is -2.25. The number of hydrogen-bond acceptors (Lipinski definition) is 3. The van der Waals surface area contributed by atoms with Crippen LogP contribution in [-0.4, -0.2) is 30.5 Å². The zero-order valence-corrected chi connectivity index (χ0v) is 12.8. The smallest absolute Gasteiger partial charge is 0.211 e. The van der Waals surface area contributed by atoms with E-state index in [-0.39, 0.29) is 11.9 Å². The lowest BCUT2D eigenvalue weighted by atomic mass is 10.0. The Kier molecular flexibility index (Phi) is 4.02. The van der Waals surface area contributed by atoms with E-state index in [0.29, 0.717) is 17.8 Å². The monoisotopic (exact) mass is 304 g/mol. The van der Waals surface area contributed by atoms with Gasteiger partial charge in [0.25, 0.3) is 0 Å². The van der Waals surface area contributed by atoms with Crippen molar-refractivity contribution in [3.05, 3.63) is 23.1 Å². The maximum Gasteiger partial charge on any atom is 0.211 e. The number of fused-ring (bicyclic) bond motifs is 1. The van der Waals surface area contributed by atoms with Crippen molar-refractivity contribution in [3.8, 4) is 0 Å². The number of rotatable bonds is 4. The van der Waals surface area contributed by atoms with Gasteiger partial charge in [-0.15, -0.1) is 0 Å². The van der Waals surface area contributed by atoms with Crippen LogP contribution in [0.15, 0.2) is 6.07 Å². The molecule has 22 heavy (non-hydrogen) atoms. The van der Waals surface area contributed by atoms with Crippen molar-refractivity contribution >= 4 is 28.7 Å². The molecule has 1 aromatic carbocycles. The van der Waals surface area contributed by atoms with Gasteiger partial charge in [-0.2, -0.15) is 0 Å². The van der Waals surface area contributed by atoms with Crippen LogP contribution in [0.1, 0.15) is 24.1 Å². The molecular weight excluding hydrogens is 283 g/mol. The first kappa shape index (κ1) is 14.8. The Morgan fingerprint density at radius 2 is 2.05 bits per heavy atom. The highest BCUT2D eigenvalue weighted by molar-refractivity contribution is 6.04. The Morgan fingerprint density at radius 1 is 1.32 bits per heavy atom. The van der Waals surface area contributed by atoms with E-state index in [4.69, 9.17) is 0 Å². The summed E-state index contributed by atoms with van der Waals surface area (Å²) in [4.78, 5) is 14.0. The van der Waals surface area contributed by atoms with Crippen molar-refractivity contribution in [2.24, 2.45) is 0 Å². The minimum atomic E-state index is -0.336. The second kappa shape index (κ2) is 5.96. The van der Waals surface area contributed by atoms with Gasteiger partial charge in [0.1, 0.15) is 5.82 Å². The molecule has 1 aliphatic heterocycles. The van der Waals surface area contributed by atoms with E-state index in [9.17, 15) is 9.18 Å². The molecule has 4 N–H and O–H groups in total. The predicted octanol–water partition coefficient (Wildman–Crippen LogP) is 2.66. The van der Waals surface area contributed by atoms with Crippen LogP contribution in [0, 0.1) is 19.7 Å². The summed E-state index contributed by atoms with van der Waals surface area (Å²) in [7, 11) is 0. The first-order valence-electron chi connectivity index (χ1n) is 7.60. The molecule has 0 bridgehead atoms. The van der Waals surface area contributed by atoms with E-state index in [0.717, 1.165) is 48.1 Å². The Labute approximate surface area is 128 Å². The maximum absolute atomic E-state index is 14.6. The maximum atomic E-state index is 14.6. The number of aryl methyl sites for hydroxylation is 2. The summed E-state index contributed by atoms with van der Waals surface area (Å²) in [5.41, 5.74) is 3.73. The molecule has 0 spiro atoms. The summed E-state index contributed by atoms with van der Waals surface area (Å²) in [5, 5.41) is 10.1. The Morgan fingerprint density at radius 3 is 2.73 bits per heavy atom. The Bertz CT molecular complexity index is 704. The van der Waals surface area contributed by atoms with Gasteiger partial charge in [0.2, 0.25) is 6.41 Å². The quantitative estimate of drug-likeness (QED) is 0.656. The number of piperidine rings is 1. The standard InChI is InChI=1S/C16H21FN4O/c1-9-10(2)20-16-13(19-8-22)7-12(17)15(14(9)16)21-11-3-5-18-6-4-11/h7-8,11,18,20-21H,3-6H2,1-2H3,(H,19,22). The van der Waals surface area contributed by atoms with Crippen molar-refractivity contribution in [2.75, 3.05) is 23.7 Å². The fourth-order valence-electron chi connectivity index (χ4n) is 3.11. The second-order valence-electron chi connectivity index (χ2n) is 5.84. The summed E-state index contributed by atoms with van der Waals surface area (Å²) in [6.07, 6.45) is 2.51. The number of carbonyl (C=O) groups is 1. The number of amides is 1. The van der Waals surface area contributed by atoms with E-state index >= 15 is 0 Å². The molecule has 0 radical (unpaired) electrons. The van der Waals surface area contributed by atoms with Crippen molar-refractivity contribution in [1.29, 1.82) is 0 Å². The number of benzene rings is 1. The summed E-state index contributed by atoms with van der Waals surface area (Å²) in [6.45, 7) is 5.80. The summed E-state index contributed by atoms with van der Waals surface area (Å²) in [5.74, 6) is -0.336. The van der Waals surface area contributed by atoms with Crippen molar-refractivity contribution < 1.29 is 9.18 Å². The third-order valence-electron chi connectivity index (χ3n) is 4.43. The Balaban J connectivity index is 2.10. The fourth-order valence-corrected chi connectivity index (χ4v) is 3.11. The summed E-state index contributed by atoms with van der Waals surface area (Å²) < 4.78 is 14.6. The first-order valence-corrected chi connectivity index (χ1v) is 7.60. The van der Waals surface area contributed by atoms with E-state index in [1.807, 2.05) is 13.8 Å². The van der Waals surface area contributed by atoms with Gasteiger partial charge in [-0.1, -0.05) is 0 Å². The first-order chi connectivity index (χ1) is 10.6. The molecule has 1 saturated heterocycles. The number of nitrogens with one attached hydrogen (secondary N) is 4. The zero-order chi connectivity index (χ0) is 15.7. The van der Waals surface area contributed by atoms with Crippen LogP contribution in [0.3, 0.4) is 0 Å². The molecule has 0 saturated carbocycles. The molecule has 1 aromatic heterocycles. The number of aromatic nitrogens is 1. The van der Waals surface area contributed by atoms with Crippen LogP contribution in [0.5, 0.6) is 0 Å². The summed E-state index contributed by atoms with van der Waals surface area (Å²) >= 11 is 0. The van der Waals surface area contributed by atoms with Gasteiger partial charge in [0.05, 0.1) is 16.9 Å².